The maximum absolute atomic E-state index is 5.89. The second-order valence-electron chi connectivity index (χ2n) is 4.73. The van der Waals surface area contributed by atoms with E-state index in [4.69, 9.17) is 15.0 Å². The summed E-state index contributed by atoms with van der Waals surface area (Å²) in [6.07, 6.45) is 0. The van der Waals surface area contributed by atoms with E-state index < -0.39 is 0 Å². The van der Waals surface area contributed by atoms with Crippen LogP contribution in [0, 0.1) is 0 Å². The highest BCUT2D eigenvalue weighted by Crippen LogP contribution is 2.26. The van der Waals surface area contributed by atoms with Crippen LogP contribution in [0.4, 0.5) is 0 Å². The first-order valence-electron chi connectivity index (χ1n) is 6.45. The molecule has 2 aromatic carbocycles. The van der Waals surface area contributed by atoms with Gasteiger partial charge < -0.3 is 15.0 Å². The van der Waals surface area contributed by atoms with Crippen LogP contribution >= 0.6 is 15.9 Å². The third-order valence-electron chi connectivity index (χ3n) is 3.17. The average Bonchev–Trinajstić information content (AvgIpc) is 2.97. The number of ether oxygens (including phenoxy) is 1. The highest BCUT2D eigenvalue weighted by Gasteiger charge is 2.15. The Kier molecular flexibility index (Phi) is 4.01. The molecule has 0 radical (unpaired) electrons. The van der Waals surface area contributed by atoms with Gasteiger partial charge in [-0.25, -0.2) is 0 Å². The molecule has 2 N–H and O–H groups in total. The lowest BCUT2D eigenvalue weighted by Gasteiger charge is -2.03. The predicted molar refractivity (Wildman–Crippen MR) is 83.7 cm³/mol. The second-order valence-corrected chi connectivity index (χ2v) is 5.64. The Hall–Kier alpha value is -1.76. The SMILES string of the molecule is COCC(N)c1noc(-c2ccc3cc(Br)ccc3c2)n1. The van der Waals surface area contributed by atoms with Crippen molar-refractivity contribution in [2.45, 2.75) is 6.04 Å². The quantitative estimate of drug-likeness (QED) is 0.783. The van der Waals surface area contributed by atoms with Crippen molar-refractivity contribution in [3.05, 3.63) is 46.7 Å². The summed E-state index contributed by atoms with van der Waals surface area (Å²) < 4.78 is 11.3. The molecule has 1 aromatic heterocycles. The minimum atomic E-state index is -0.385. The molecule has 0 saturated heterocycles. The molecular weight excluding hydrogens is 334 g/mol. The van der Waals surface area contributed by atoms with Crippen LogP contribution in [-0.4, -0.2) is 23.9 Å². The smallest absolute Gasteiger partial charge is 0.258 e. The molecule has 0 amide bonds. The molecule has 0 aliphatic heterocycles. The van der Waals surface area contributed by atoms with Crippen LogP contribution in [0.1, 0.15) is 11.9 Å². The summed E-state index contributed by atoms with van der Waals surface area (Å²) in [6.45, 7) is 0.352. The number of hydrogen-bond acceptors (Lipinski definition) is 5. The molecule has 0 bridgehead atoms. The van der Waals surface area contributed by atoms with E-state index >= 15 is 0 Å². The molecule has 0 saturated carbocycles. The molecule has 0 aliphatic rings. The van der Waals surface area contributed by atoms with Gasteiger partial charge in [0.1, 0.15) is 0 Å². The molecule has 6 heteroatoms. The van der Waals surface area contributed by atoms with E-state index in [1.807, 2.05) is 30.3 Å². The maximum atomic E-state index is 5.89. The van der Waals surface area contributed by atoms with Crippen LogP contribution < -0.4 is 5.73 Å². The molecule has 0 fully saturated rings. The van der Waals surface area contributed by atoms with Gasteiger partial charge in [0.05, 0.1) is 12.6 Å². The van der Waals surface area contributed by atoms with Crippen LogP contribution in [0.2, 0.25) is 0 Å². The summed E-state index contributed by atoms with van der Waals surface area (Å²) in [5.74, 6) is 0.907. The van der Waals surface area contributed by atoms with Gasteiger partial charge in [-0.05, 0) is 35.0 Å². The fraction of sp³-hybridized carbons (Fsp3) is 0.200. The molecule has 3 aromatic rings. The van der Waals surface area contributed by atoms with Crippen molar-refractivity contribution < 1.29 is 9.26 Å². The number of hydrogen-bond donors (Lipinski definition) is 1. The van der Waals surface area contributed by atoms with Crippen molar-refractivity contribution in [1.29, 1.82) is 0 Å². The van der Waals surface area contributed by atoms with Gasteiger partial charge in [-0.15, -0.1) is 0 Å². The number of halogens is 1. The first-order chi connectivity index (χ1) is 10.2. The minimum absolute atomic E-state index is 0.352. The van der Waals surface area contributed by atoms with E-state index in [-0.39, 0.29) is 6.04 Å². The Bertz CT molecular complexity index is 772. The second kappa shape index (κ2) is 5.93. The lowest BCUT2D eigenvalue weighted by Crippen LogP contribution is -2.17. The highest BCUT2D eigenvalue weighted by molar-refractivity contribution is 9.10. The summed E-state index contributed by atoms with van der Waals surface area (Å²) in [6, 6.07) is 11.7. The van der Waals surface area contributed by atoms with Gasteiger partial charge in [0, 0.05) is 17.1 Å². The van der Waals surface area contributed by atoms with Gasteiger partial charge in [0.2, 0.25) is 0 Å². The van der Waals surface area contributed by atoms with E-state index in [0.717, 1.165) is 20.8 Å². The Morgan fingerprint density at radius 2 is 2.00 bits per heavy atom. The molecule has 0 aliphatic carbocycles. The number of aromatic nitrogens is 2. The Morgan fingerprint density at radius 1 is 1.24 bits per heavy atom. The van der Waals surface area contributed by atoms with E-state index in [9.17, 15) is 0 Å². The molecular formula is C15H14BrN3O2. The van der Waals surface area contributed by atoms with E-state index in [0.29, 0.717) is 18.3 Å². The van der Waals surface area contributed by atoms with Gasteiger partial charge in [-0.1, -0.05) is 33.2 Å². The zero-order valence-corrected chi connectivity index (χ0v) is 13.0. The summed E-state index contributed by atoms with van der Waals surface area (Å²) >= 11 is 3.46. The van der Waals surface area contributed by atoms with Gasteiger partial charge in [0.15, 0.2) is 5.82 Å². The van der Waals surface area contributed by atoms with E-state index in [2.05, 4.69) is 32.1 Å². The largest absolute Gasteiger partial charge is 0.383 e. The first kappa shape index (κ1) is 14.2. The minimum Gasteiger partial charge on any atom is -0.383 e. The summed E-state index contributed by atoms with van der Waals surface area (Å²) in [7, 11) is 1.59. The van der Waals surface area contributed by atoms with Crippen molar-refractivity contribution in [2.75, 3.05) is 13.7 Å². The van der Waals surface area contributed by atoms with Crippen LogP contribution in [0.5, 0.6) is 0 Å². The Labute approximate surface area is 130 Å². The number of rotatable bonds is 4. The third-order valence-corrected chi connectivity index (χ3v) is 3.66. The van der Waals surface area contributed by atoms with Crippen molar-refractivity contribution in [3.63, 3.8) is 0 Å². The summed E-state index contributed by atoms with van der Waals surface area (Å²) in [5.41, 5.74) is 6.76. The maximum Gasteiger partial charge on any atom is 0.258 e. The van der Waals surface area contributed by atoms with Gasteiger partial charge in [-0.2, -0.15) is 4.98 Å². The molecule has 3 rings (SSSR count). The average molecular weight is 348 g/mol. The molecule has 1 atom stereocenters. The molecule has 0 spiro atoms. The summed E-state index contributed by atoms with van der Waals surface area (Å²) in [4.78, 5) is 4.33. The number of fused-ring (bicyclic) bond motifs is 1. The van der Waals surface area contributed by atoms with Gasteiger partial charge >= 0.3 is 0 Å². The first-order valence-corrected chi connectivity index (χ1v) is 7.24. The van der Waals surface area contributed by atoms with E-state index in [1.54, 1.807) is 7.11 Å². The standard InChI is InChI=1S/C15H14BrN3O2/c1-20-8-13(17)14-18-15(21-19-14)11-3-2-10-7-12(16)5-4-9(10)6-11/h2-7,13H,8,17H2,1H3. The lowest BCUT2D eigenvalue weighted by atomic mass is 10.1. The topological polar surface area (TPSA) is 74.2 Å². The Balaban J connectivity index is 1.95. The summed E-state index contributed by atoms with van der Waals surface area (Å²) in [5, 5.41) is 6.16. The zero-order valence-electron chi connectivity index (χ0n) is 11.4. The number of benzene rings is 2. The predicted octanol–water partition coefficient (Wildman–Crippen LogP) is 3.30. The van der Waals surface area contributed by atoms with Gasteiger partial charge in [-0.3, -0.25) is 0 Å². The van der Waals surface area contributed by atoms with Crippen molar-refractivity contribution >= 4 is 26.7 Å². The molecule has 1 unspecified atom stereocenters. The van der Waals surface area contributed by atoms with Crippen LogP contribution in [-0.2, 0) is 4.74 Å². The van der Waals surface area contributed by atoms with Crippen LogP contribution in [0.15, 0.2) is 45.4 Å². The molecule has 5 nitrogen and oxygen atoms in total. The van der Waals surface area contributed by atoms with Crippen molar-refractivity contribution in [2.24, 2.45) is 5.73 Å². The fourth-order valence-electron chi connectivity index (χ4n) is 2.11. The zero-order chi connectivity index (χ0) is 14.8. The molecule has 108 valence electrons. The number of nitrogens with two attached hydrogens (primary N) is 1. The lowest BCUT2D eigenvalue weighted by molar-refractivity contribution is 0.177. The fourth-order valence-corrected chi connectivity index (χ4v) is 2.49. The van der Waals surface area contributed by atoms with Crippen molar-refractivity contribution in [1.82, 2.24) is 10.1 Å². The number of nitrogens with zero attached hydrogens (tertiary/aromatic N) is 2. The Morgan fingerprint density at radius 3 is 2.81 bits per heavy atom. The van der Waals surface area contributed by atoms with Crippen LogP contribution in [0.25, 0.3) is 22.2 Å². The normalized spacial score (nSPS) is 12.7. The molecule has 21 heavy (non-hydrogen) atoms. The van der Waals surface area contributed by atoms with Crippen LogP contribution in [0.3, 0.4) is 0 Å². The van der Waals surface area contributed by atoms with E-state index in [1.165, 1.54) is 0 Å². The number of methoxy groups -OCH3 is 1. The molecule has 1 heterocycles. The highest BCUT2D eigenvalue weighted by atomic mass is 79.9. The van der Waals surface area contributed by atoms with Crippen molar-refractivity contribution in [3.8, 4) is 11.5 Å². The monoisotopic (exact) mass is 347 g/mol. The van der Waals surface area contributed by atoms with Gasteiger partial charge in [0.25, 0.3) is 5.89 Å². The third kappa shape index (κ3) is 2.97.